The first-order valence-electron chi connectivity index (χ1n) is 13.3. The van der Waals surface area contributed by atoms with Crippen LogP contribution in [0.5, 0.6) is 0 Å². The fraction of sp³-hybridized carbons (Fsp3) is 0.345. The molecule has 37 heavy (non-hydrogen) atoms. The molecule has 0 amide bonds. The van der Waals surface area contributed by atoms with E-state index in [1.807, 2.05) is 18.7 Å². The molecule has 0 aliphatic carbocycles. The van der Waals surface area contributed by atoms with Gasteiger partial charge in [-0.3, -0.25) is 0 Å². The molecular formula is C29H32N8. The predicted octanol–water partition coefficient (Wildman–Crippen LogP) is 4.32. The number of nitrogens with one attached hydrogen (secondary N) is 2. The fourth-order valence-corrected chi connectivity index (χ4v) is 5.71. The van der Waals surface area contributed by atoms with Gasteiger partial charge in [0.05, 0.1) is 29.3 Å². The SMILES string of the molecule is CN1CCN(c2ccc(-c3cnc4[nH]cc(-c5ccc6ncn(C7CCCNC7)c6c5)c4n3)cc2)CC1. The Bertz CT molecular complexity index is 1540. The maximum atomic E-state index is 5.07. The van der Waals surface area contributed by atoms with Gasteiger partial charge in [-0.05, 0) is 56.3 Å². The summed E-state index contributed by atoms with van der Waals surface area (Å²) in [5.74, 6) is 0. The van der Waals surface area contributed by atoms with Crippen LogP contribution in [0.3, 0.4) is 0 Å². The molecule has 1 atom stereocenters. The van der Waals surface area contributed by atoms with Crippen LogP contribution >= 0.6 is 0 Å². The van der Waals surface area contributed by atoms with E-state index in [-0.39, 0.29) is 0 Å². The topological polar surface area (TPSA) is 77.9 Å². The molecule has 5 aromatic rings. The Hall–Kier alpha value is -3.75. The van der Waals surface area contributed by atoms with Crippen molar-refractivity contribution >= 4 is 27.9 Å². The number of hydrogen-bond acceptors (Lipinski definition) is 6. The number of nitrogens with zero attached hydrogens (tertiary/aromatic N) is 6. The average Bonchev–Trinajstić information content (AvgIpc) is 3.58. The number of aromatic nitrogens is 5. The molecule has 0 bridgehead atoms. The molecule has 7 rings (SSSR count). The summed E-state index contributed by atoms with van der Waals surface area (Å²) in [4.78, 5) is 22.6. The Balaban J connectivity index is 1.21. The third-order valence-electron chi connectivity index (χ3n) is 7.96. The normalized spacial score (nSPS) is 19.2. The first kappa shape index (κ1) is 22.4. The van der Waals surface area contributed by atoms with Crippen LogP contribution < -0.4 is 10.2 Å². The summed E-state index contributed by atoms with van der Waals surface area (Å²) in [5, 5.41) is 3.52. The van der Waals surface area contributed by atoms with E-state index in [1.165, 1.54) is 24.0 Å². The molecular weight excluding hydrogens is 460 g/mol. The second-order valence-corrected chi connectivity index (χ2v) is 10.3. The zero-order chi connectivity index (χ0) is 24.8. The van der Waals surface area contributed by atoms with Crippen molar-refractivity contribution in [1.82, 2.24) is 34.7 Å². The lowest BCUT2D eigenvalue weighted by atomic mass is 10.1. The van der Waals surface area contributed by atoms with Gasteiger partial charge in [-0.1, -0.05) is 18.2 Å². The number of hydrogen-bond donors (Lipinski definition) is 2. The monoisotopic (exact) mass is 492 g/mol. The fourth-order valence-electron chi connectivity index (χ4n) is 5.71. The van der Waals surface area contributed by atoms with Gasteiger partial charge in [0.2, 0.25) is 0 Å². The van der Waals surface area contributed by atoms with Crippen LogP contribution in [-0.4, -0.2) is 75.7 Å². The molecule has 8 nitrogen and oxygen atoms in total. The van der Waals surface area contributed by atoms with Crippen LogP contribution in [0.2, 0.25) is 0 Å². The number of anilines is 1. The van der Waals surface area contributed by atoms with Crippen molar-refractivity contribution in [3.8, 4) is 22.4 Å². The highest BCUT2D eigenvalue weighted by molar-refractivity contribution is 5.94. The van der Waals surface area contributed by atoms with Crippen molar-refractivity contribution in [2.24, 2.45) is 0 Å². The van der Waals surface area contributed by atoms with Gasteiger partial charge in [-0.2, -0.15) is 0 Å². The van der Waals surface area contributed by atoms with Crippen LogP contribution in [0, 0.1) is 0 Å². The minimum atomic E-state index is 0.442. The Morgan fingerprint density at radius 2 is 1.78 bits per heavy atom. The number of imidazole rings is 1. The summed E-state index contributed by atoms with van der Waals surface area (Å²) >= 11 is 0. The highest BCUT2D eigenvalue weighted by Crippen LogP contribution is 2.32. The zero-order valence-electron chi connectivity index (χ0n) is 21.2. The number of benzene rings is 2. The van der Waals surface area contributed by atoms with Crippen molar-refractivity contribution in [3.63, 3.8) is 0 Å². The third-order valence-corrected chi connectivity index (χ3v) is 7.96. The molecule has 2 aliphatic heterocycles. The van der Waals surface area contributed by atoms with Gasteiger partial charge >= 0.3 is 0 Å². The zero-order valence-corrected chi connectivity index (χ0v) is 21.2. The maximum absolute atomic E-state index is 5.07. The van der Waals surface area contributed by atoms with E-state index in [1.54, 1.807) is 0 Å². The molecule has 2 saturated heterocycles. The standard InChI is InChI=1S/C29H32N8/c1-35-11-13-36(14-12-35)22-7-4-20(5-8-22)26-18-32-29-28(34-26)24(17-31-29)21-6-9-25-27(15-21)37(19-33-25)23-3-2-10-30-16-23/h4-9,15,17-19,23,30H,2-3,10-14,16H2,1H3,(H,31,32). The quantitative estimate of drug-likeness (QED) is 0.389. The molecule has 2 fully saturated rings. The Morgan fingerprint density at radius 1 is 0.946 bits per heavy atom. The second kappa shape index (κ2) is 9.28. The van der Waals surface area contributed by atoms with E-state index in [4.69, 9.17) is 9.97 Å². The van der Waals surface area contributed by atoms with E-state index in [2.05, 4.69) is 79.2 Å². The van der Waals surface area contributed by atoms with Crippen molar-refractivity contribution in [2.75, 3.05) is 51.2 Å². The minimum Gasteiger partial charge on any atom is -0.369 e. The molecule has 5 heterocycles. The Kier molecular flexibility index (Phi) is 5.63. The molecule has 0 spiro atoms. The first-order chi connectivity index (χ1) is 18.2. The van der Waals surface area contributed by atoms with E-state index in [0.717, 1.165) is 78.3 Å². The summed E-state index contributed by atoms with van der Waals surface area (Å²) in [6, 6.07) is 15.7. The number of likely N-dealkylation sites (N-methyl/N-ethyl adjacent to an activating group) is 1. The first-order valence-corrected chi connectivity index (χ1v) is 13.3. The summed E-state index contributed by atoms with van der Waals surface area (Å²) in [7, 11) is 2.19. The maximum Gasteiger partial charge on any atom is 0.156 e. The van der Waals surface area contributed by atoms with Crippen molar-refractivity contribution < 1.29 is 0 Å². The van der Waals surface area contributed by atoms with Crippen LogP contribution in [0.15, 0.2) is 61.2 Å². The number of fused-ring (bicyclic) bond motifs is 2. The van der Waals surface area contributed by atoms with E-state index >= 15 is 0 Å². The van der Waals surface area contributed by atoms with Gasteiger partial charge in [0.15, 0.2) is 5.65 Å². The summed E-state index contributed by atoms with van der Waals surface area (Å²) in [6.45, 7) is 6.42. The highest BCUT2D eigenvalue weighted by atomic mass is 15.2. The van der Waals surface area contributed by atoms with Crippen LogP contribution in [0.4, 0.5) is 5.69 Å². The van der Waals surface area contributed by atoms with Gasteiger partial charge in [-0.25, -0.2) is 15.0 Å². The molecule has 3 aromatic heterocycles. The predicted molar refractivity (Wildman–Crippen MR) is 149 cm³/mol. The number of H-pyrrole nitrogens is 1. The van der Waals surface area contributed by atoms with Gasteiger partial charge in [0, 0.05) is 61.8 Å². The molecule has 2 aromatic carbocycles. The van der Waals surface area contributed by atoms with Crippen molar-refractivity contribution in [2.45, 2.75) is 18.9 Å². The molecule has 2 N–H and O–H groups in total. The number of aromatic amines is 1. The lowest BCUT2D eigenvalue weighted by molar-refractivity contribution is 0.313. The summed E-state index contributed by atoms with van der Waals surface area (Å²) < 4.78 is 2.33. The highest BCUT2D eigenvalue weighted by Gasteiger charge is 2.19. The van der Waals surface area contributed by atoms with Crippen molar-refractivity contribution in [1.29, 1.82) is 0 Å². The van der Waals surface area contributed by atoms with E-state index in [9.17, 15) is 0 Å². The third kappa shape index (κ3) is 4.16. The smallest absolute Gasteiger partial charge is 0.156 e. The summed E-state index contributed by atoms with van der Waals surface area (Å²) in [5.41, 5.74) is 9.33. The van der Waals surface area contributed by atoms with Gasteiger partial charge in [0.25, 0.3) is 0 Å². The lowest BCUT2D eigenvalue weighted by Gasteiger charge is -2.34. The number of piperazine rings is 1. The van der Waals surface area contributed by atoms with E-state index in [0.29, 0.717) is 6.04 Å². The number of piperidine rings is 1. The van der Waals surface area contributed by atoms with Gasteiger partial charge in [-0.15, -0.1) is 0 Å². The van der Waals surface area contributed by atoms with E-state index < -0.39 is 0 Å². The molecule has 0 radical (unpaired) electrons. The van der Waals surface area contributed by atoms with Crippen molar-refractivity contribution in [3.05, 3.63) is 61.2 Å². The molecule has 188 valence electrons. The Labute approximate surface area is 216 Å². The summed E-state index contributed by atoms with van der Waals surface area (Å²) in [6.07, 6.45) is 8.25. The van der Waals surface area contributed by atoms with Gasteiger partial charge in [0.1, 0.15) is 5.52 Å². The molecule has 8 heteroatoms. The largest absolute Gasteiger partial charge is 0.369 e. The average molecular weight is 493 g/mol. The van der Waals surface area contributed by atoms with Crippen LogP contribution in [0.1, 0.15) is 18.9 Å². The van der Waals surface area contributed by atoms with Crippen LogP contribution in [-0.2, 0) is 0 Å². The van der Waals surface area contributed by atoms with Gasteiger partial charge < -0.3 is 24.7 Å². The second-order valence-electron chi connectivity index (χ2n) is 10.3. The lowest BCUT2D eigenvalue weighted by Crippen LogP contribution is -2.44. The van der Waals surface area contributed by atoms with Crippen LogP contribution in [0.25, 0.3) is 44.6 Å². The minimum absolute atomic E-state index is 0.442. The molecule has 2 aliphatic rings. The number of rotatable bonds is 4. The Morgan fingerprint density at radius 3 is 2.59 bits per heavy atom. The molecule has 0 saturated carbocycles. The molecule has 1 unspecified atom stereocenters.